The maximum Gasteiger partial charge on any atom is 0.335 e. The van der Waals surface area contributed by atoms with Crippen LogP contribution in [0.25, 0.3) is 17.1 Å². The second-order valence-corrected chi connectivity index (χ2v) is 7.40. The fourth-order valence-corrected chi connectivity index (χ4v) is 3.47. The number of benzene rings is 2. The molecule has 0 saturated heterocycles. The Labute approximate surface area is 183 Å². The van der Waals surface area contributed by atoms with Crippen molar-refractivity contribution in [1.82, 2.24) is 9.55 Å². The average Bonchev–Trinajstić information content (AvgIpc) is 3.15. The Bertz CT molecular complexity index is 1250. The molecule has 2 heterocycles. The second kappa shape index (κ2) is 8.62. The first-order valence-corrected chi connectivity index (χ1v) is 9.85. The Morgan fingerprint density at radius 3 is 2.61 bits per heavy atom. The van der Waals surface area contributed by atoms with Crippen molar-refractivity contribution in [3.8, 4) is 22.8 Å². The first-order chi connectivity index (χ1) is 14.9. The Morgan fingerprint density at radius 2 is 1.87 bits per heavy atom. The van der Waals surface area contributed by atoms with Crippen LogP contribution in [0.4, 0.5) is 4.39 Å². The monoisotopic (exact) mass is 436 g/mol. The number of carbonyl (C=O) groups is 1. The van der Waals surface area contributed by atoms with Gasteiger partial charge in [-0.2, -0.15) is 0 Å². The average molecular weight is 437 g/mol. The third-order valence-corrected chi connectivity index (χ3v) is 5.06. The molecule has 0 unspecified atom stereocenters. The zero-order valence-corrected chi connectivity index (χ0v) is 17.3. The molecule has 156 valence electrons. The Hall–Kier alpha value is -3.64. The van der Waals surface area contributed by atoms with E-state index >= 15 is 0 Å². The van der Waals surface area contributed by atoms with Gasteiger partial charge < -0.3 is 9.84 Å². The number of pyridine rings is 1. The number of rotatable bonds is 6. The minimum absolute atomic E-state index is 0.142. The zero-order chi connectivity index (χ0) is 22.0. The molecule has 0 aliphatic rings. The van der Waals surface area contributed by atoms with Crippen molar-refractivity contribution in [3.63, 3.8) is 0 Å². The van der Waals surface area contributed by atoms with E-state index in [-0.39, 0.29) is 18.0 Å². The van der Waals surface area contributed by atoms with Crippen LogP contribution in [0.3, 0.4) is 0 Å². The van der Waals surface area contributed by atoms with Gasteiger partial charge in [0.05, 0.1) is 11.3 Å². The van der Waals surface area contributed by atoms with Crippen LogP contribution >= 0.6 is 11.6 Å². The highest BCUT2D eigenvalue weighted by Gasteiger charge is 2.17. The molecule has 4 aromatic rings. The lowest BCUT2D eigenvalue weighted by atomic mass is 10.1. The molecule has 0 aliphatic heterocycles. The summed E-state index contributed by atoms with van der Waals surface area (Å²) in [6.07, 6.45) is 1.46. The van der Waals surface area contributed by atoms with Crippen LogP contribution in [0.15, 0.2) is 72.9 Å². The van der Waals surface area contributed by atoms with Crippen molar-refractivity contribution in [2.24, 2.45) is 0 Å². The fourth-order valence-electron chi connectivity index (χ4n) is 3.30. The molecule has 1 N–H and O–H groups in total. The molecule has 0 atom stereocenters. The van der Waals surface area contributed by atoms with Crippen molar-refractivity contribution in [2.45, 2.75) is 13.5 Å². The first-order valence-electron chi connectivity index (χ1n) is 9.47. The summed E-state index contributed by atoms with van der Waals surface area (Å²) >= 11 is 6.27. The van der Waals surface area contributed by atoms with Gasteiger partial charge in [0, 0.05) is 22.5 Å². The molecule has 0 amide bonds. The Morgan fingerprint density at radius 1 is 1.10 bits per heavy atom. The second-order valence-electron chi connectivity index (χ2n) is 6.96. The largest absolute Gasteiger partial charge is 0.488 e. The first kappa shape index (κ1) is 20.6. The molecular formula is C24H18ClFN2O3. The van der Waals surface area contributed by atoms with E-state index in [0.29, 0.717) is 16.6 Å². The normalized spacial score (nSPS) is 10.8. The highest BCUT2D eigenvalue weighted by Crippen LogP contribution is 2.35. The lowest BCUT2D eigenvalue weighted by Gasteiger charge is -2.16. The topological polar surface area (TPSA) is 64.3 Å². The summed E-state index contributed by atoms with van der Waals surface area (Å²) in [6.45, 7) is 2.16. The molecular weight excluding hydrogens is 419 g/mol. The number of aromatic nitrogens is 2. The van der Waals surface area contributed by atoms with Crippen LogP contribution in [0, 0.1) is 12.7 Å². The number of nitrogens with zero attached hydrogens (tertiary/aromatic N) is 2. The van der Waals surface area contributed by atoms with Gasteiger partial charge in [0.25, 0.3) is 0 Å². The highest BCUT2D eigenvalue weighted by molar-refractivity contribution is 6.31. The van der Waals surface area contributed by atoms with Gasteiger partial charge in [0.2, 0.25) is 0 Å². The predicted molar refractivity (Wildman–Crippen MR) is 116 cm³/mol. The summed E-state index contributed by atoms with van der Waals surface area (Å²) in [5, 5.41) is 9.87. The lowest BCUT2D eigenvalue weighted by molar-refractivity contribution is 0.0696. The van der Waals surface area contributed by atoms with Gasteiger partial charge in [-0.05, 0) is 67.1 Å². The minimum Gasteiger partial charge on any atom is -0.488 e. The van der Waals surface area contributed by atoms with Crippen LogP contribution < -0.4 is 4.74 Å². The van der Waals surface area contributed by atoms with Crippen LogP contribution in [0.2, 0.25) is 5.02 Å². The number of halogens is 2. The molecule has 31 heavy (non-hydrogen) atoms. The van der Waals surface area contributed by atoms with E-state index in [0.717, 1.165) is 22.5 Å². The third-order valence-electron chi connectivity index (χ3n) is 4.82. The smallest absolute Gasteiger partial charge is 0.335 e. The quantitative estimate of drug-likeness (QED) is 0.407. The van der Waals surface area contributed by atoms with Crippen molar-refractivity contribution in [2.75, 3.05) is 0 Å². The van der Waals surface area contributed by atoms with Crippen LogP contribution in [0.1, 0.15) is 21.6 Å². The van der Waals surface area contributed by atoms with E-state index in [1.165, 1.54) is 30.5 Å². The summed E-state index contributed by atoms with van der Waals surface area (Å²) in [7, 11) is 0. The molecule has 0 bridgehead atoms. The van der Waals surface area contributed by atoms with E-state index in [2.05, 4.69) is 4.98 Å². The van der Waals surface area contributed by atoms with Crippen molar-refractivity contribution < 1.29 is 19.0 Å². The zero-order valence-electron chi connectivity index (χ0n) is 16.5. The molecule has 0 fully saturated rings. The third kappa shape index (κ3) is 4.44. The number of hydrogen-bond acceptors (Lipinski definition) is 3. The van der Waals surface area contributed by atoms with E-state index in [1.54, 1.807) is 30.3 Å². The predicted octanol–water partition coefficient (Wildman–Crippen LogP) is 5.92. The van der Waals surface area contributed by atoms with E-state index in [9.17, 15) is 14.3 Å². The number of carboxylic acid groups (broad SMARTS) is 1. The number of hydrogen-bond donors (Lipinski definition) is 1. The van der Waals surface area contributed by atoms with Crippen molar-refractivity contribution in [3.05, 3.63) is 101 Å². The number of ether oxygens (including phenoxy) is 1. The molecule has 0 spiro atoms. The molecule has 2 aromatic carbocycles. The summed E-state index contributed by atoms with van der Waals surface area (Å²) < 4.78 is 21.0. The van der Waals surface area contributed by atoms with Gasteiger partial charge in [0.15, 0.2) is 0 Å². The fraction of sp³-hybridized carbons (Fsp3) is 0.0833. The number of aryl methyl sites for hydroxylation is 1. The number of aromatic carboxylic acids is 1. The van der Waals surface area contributed by atoms with E-state index in [1.807, 2.05) is 23.6 Å². The summed E-state index contributed by atoms with van der Waals surface area (Å²) in [5.74, 6) is -0.272. The Kier molecular flexibility index (Phi) is 5.73. The maximum absolute atomic E-state index is 13.2. The Balaban J connectivity index is 1.75. The van der Waals surface area contributed by atoms with Crippen molar-refractivity contribution in [1.29, 1.82) is 0 Å². The van der Waals surface area contributed by atoms with Crippen molar-refractivity contribution >= 4 is 17.6 Å². The molecule has 5 nitrogen and oxygen atoms in total. The van der Waals surface area contributed by atoms with Crippen LogP contribution in [-0.4, -0.2) is 20.6 Å². The van der Waals surface area contributed by atoms with E-state index < -0.39 is 5.97 Å². The summed E-state index contributed by atoms with van der Waals surface area (Å²) in [6, 6.07) is 18.2. The van der Waals surface area contributed by atoms with E-state index in [4.69, 9.17) is 16.3 Å². The lowest BCUT2D eigenvalue weighted by Crippen LogP contribution is -2.05. The molecule has 0 aliphatic carbocycles. The summed E-state index contributed by atoms with van der Waals surface area (Å²) in [4.78, 5) is 15.8. The molecule has 2 aromatic heterocycles. The van der Waals surface area contributed by atoms with Gasteiger partial charge >= 0.3 is 5.97 Å². The molecule has 0 saturated carbocycles. The van der Waals surface area contributed by atoms with Gasteiger partial charge in [-0.25, -0.2) is 14.2 Å². The minimum atomic E-state index is -1.03. The van der Waals surface area contributed by atoms with Gasteiger partial charge in [-0.3, -0.25) is 4.57 Å². The maximum atomic E-state index is 13.2. The number of carboxylic acids is 1. The van der Waals surface area contributed by atoms with Crippen LogP contribution in [0.5, 0.6) is 5.75 Å². The highest BCUT2D eigenvalue weighted by atomic mass is 35.5. The van der Waals surface area contributed by atoms with Gasteiger partial charge in [0.1, 0.15) is 24.0 Å². The summed E-state index contributed by atoms with van der Waals surface area (Å²) in [5.41, 5.74) is 3.32. The molecule has 4 rings (SSSR count). The molecule has 7 heteroatoms. The van der Waals surface area contributed by atoms with Gasteiger partial charge in [-0.1, -0.05) is 23.7 Å². The molecule has 0 radical (unpaired) electrons. The SMILES string of the molecule is Cc1ccc(-c2cc(Cl)ccc2OCc2ccc(F)cc2)n1-c1cc(C(=O)O)ccn1. The standard InChI is InChI=1S/C24H18ClFN2O3/c1-15-2-8-21(28(15)23-12-17(24(29)30)10-11-27-23)20-13-18(25)5-9-22(20)31-14-16-3-6-19(26)7-4-16/h2-13H,14H2,1H3,(H,29,30). The van der Waals surface area contributed by atoms with Gasteiger partial charge in [-0.15, -0.1) is 0 Å². The van der Waals surface area contributed by atoms with Crippen LogP contribution in [-0.2, 0) is 6.61 Å².